The van der Waals surface area contributed by atoms with Crippen molar-refractivity contribution in [1.82, 2.24) is 0 Å². The van der Waals surface area contributed by atoms with Crippen LogP contribution in [-0.4, -0.2) is 28.2 Å². The van der Waals surface area contributed by atoms with Crippen molar-refractivity contribution in [1.29, 1.82) is 0 Å². The summed E-state index contributed by atoms with van der Waals surface area (Å²) in [4.78, 5) is 11.7. The second-order valence-electron chi connectivity index (χ2n) is 4.86. The Labute approximate surface area is 86.5 Å². The van der Waals surface area contributed by atoms with Crippen LogP contribution in [0.3, 0.4) is 0 Å². The van der Waals surface area contributed by atoms with E-state index in [-0.39, 0.29) is 11.4 Å². The van der Waals surface area contributed by atoms with E-state index in [1.165, 1.54) is 6.92 Å². The van der Waals surface area contributed by atoms with Gasteiger partial charge in [-0.25, -0.2) is 0 Å². The van der Waals surface area contributed by atoms with Gasteiger partial charge >= 0.3 is 0 Å². The SMILES string of the molecule is CCC(C)(O)C(=O)C(C)OC(C)(C)C. The average Bonchev–Trinajstić information content (AvgIpc) is 2.00. The molecule has 0 aromatic carbocycles. The second kappa shape index (κ2) is 4.41. The molecule has 0 aromatic rings. The molecule has 3 nitrogen and oxygen atoms in total. The Morgan fingerprint density at radius 1 is 1.36 bits per heavy atom. The van der Waals surface area contributed by atoms with Gasteiger partial charge in [-0.15, -0.1) is 0 Å². The van der Waals surface area contributed by atoms with Gasteiger partial charge < -0.3 is 9.84 Å². The first-order valence-corrected chi connectivity index (χ1v) is 5.04. The summed E-state index contributed by atoms with van der Waals surface area (Å²) in [6.45, 7) is 10.6. The molecule has 0 aromatic heterocycles. The standard InChI is InChI=1S/C11H22O3/c1-7-11(6,13)9(12)8(2)14-10(3,4)5/h8,13H,7H2,1-6H3. The Balaban J connectivity index is 4.41. The van der Waals surface area contributed by atoms with Crippen molar-refractivity contribution >= 4 is 5.78 Å². The van der Waals surface area contributed by atoms with Crippen molar-refractivity contribution in [3.63, 3.8) is 0 Å². The first-order valence-electron chi connectivity index (χ1n) is 5.04. The molecule has 0 fully saturated rings. The Morgan fingerprint density at radius 2 is 1.79 bits per heavy atom. The number of Topliss-reactive ketones (excluding diaryl/α,β-unsaturated/α-hetero) is 1. The predicted octanol–water partition coefficient (Wildman–Crippen LogP) is 1.92. The van der Waals surface area contributed by atoms with E-state index < -0.39 is 11.7 Å². The molecule has 0 bridgehead atoms. The molecule has 0 saturated heterocycles. The minimum Gasteiger partial charge on any atom is -0.382 e. The molecule has 0 aliphatic carbocycles. The molecule has 84 valence electrons. The van der Waals surface area contributed by atoms with Gasteiger partial charge in [-0.1, -0.05) is 6.92 Å². The van der Waals surface area contributed by atoms with Crippen molar-refractivity contribution in [2.75, 3.05) is 0 Å². The fraction of sp³-hybridized carbons (Fsp3) is 0.909. The van der Waals surface area contributed by atoms with Crippen LogP contribution >= 0.6 is 0 Å². The molecule has 0 saturated carbocycles. The van der Waals surface area contributed by atoms with Gasteiger partial charge in [0.15, 0.2) is 5.78 Å². The summed E-state index contributed by atoms with van der Waals surface area (Å²) in [7, 11) is 0. The highest BCUT2D eigenvalue weighted by molar-refractivity contribution is 5.90. The largest absolute Gasteiger partial charge is 0.382 e. The number of ether oxygens (including phenoxy) is 1. The number of hydrogen-bond acceptors (Lipinski definition) is 3. The highest BCUT2D eigenvalue weighted by Crippen LogP contribution is 2.18. The molecular formula is C11H22O3. The Morgan fingerprint density at radius 3 is 2.07 bits per heavy atom. The number of ketones is 1. The molecule has 2 atom stereocenters. The predicted molar refractivity (Wildman–Crippen MR) is 56.2 cm³/mol. The molecule has 3 heteroatoms. The van der Waals surface area contributed by atoms with Gasteiger partial charge in [0.25, 0.3) is 0 Å². The number of carbonyl (C=O) groups excluding carboxylic acids is 1. The summed E-state index contributed by atoms with van der Waals surface area (Å²) in [5.74, 6) is -0.255. The van der Waals surface area contributed by atoms with E-state index in [1.807, 2.05) is 20.8 Å². The topological polar surface area (TPSA) is 46.5 Å². The monoisotopic (exact) mass is 202 g/mol. The summed E-state index contributed by atoms with van der Waals surface area (Å²) in [5.41, 5.74) is -1.64. The van der Waals surface area contributed by atoms with E-state index in [1.54, 1.807) is 13.8 Å². The second-order valence-corrected chi connectivity index (χ2v) is 4.86. The first kappa shape index (κ1) is 13.6. The minimum atomic E-state index is -1.27. The Hall–Kier alpha value is -0.410. The van der Waals surface area contributed by atoms with Crippen molar-refractivity contribution in [3.05, 3.63) is 0 Å². The van der Waals surface area contributed by atoms with Crippen molar-refractivity contribution in [2.24, 2.45) is 0 Å². The van der Waals surface area contributed by atoms with Crippen molar-refractivity contribution in [2.45, 2.75) is 65.3 Å². The van der Waals surface area contributed by atoms with Gasteiger partial charge in [-0.2, -0.15) is 0 Å². The molecule has 0 aliphatic heterocycles. The van der Waals surface area contributed by atoms with Gasteiger partial charge in [0.2, 0.25) is 0 Å². The molecule has 0 heterocycles. The lowest BCUT2D eigenvalue weighted by atomic mass is 9.94. The zero-order valence-electron chi connectivity index (χ0n) is 10.0. The lowest BCUT2D eigenvalue weighted by Crippen LogP contribution is -2.44. The van der Waals surface area contributed by atoms with E-state index in [0.29, 0.717) is 6.42 Å². The van der Waals surface area contributed by atoms with Crippen LogP contribution in [0, 0.1) is 0 Å². The molecule has 0 aliphatic rings. The molecular weight excluding hydrogens is 180 g/mol. The third kappa shape index (κ3) is 4.20. The quantitative estimate of drug-likeness (QED) is 0.757. The van der Waals surface area contributed by atoms with Gasteiger partial charge in [0.05, 0.1) is 5.60 Å². The molecule has 1 N–H and O–H groups in total. The van der Waals surface area contributed by atoms with E-state index in [9.17, 15) is 9.90 Å². The van der Waals surface area contributed by atoms with Crippen molar-refractivity contribution in [3.8, 4) is 0 Å². The Bertz CT molecular complexity index is 201. The fourth-order valence-corrected chi connectivity index (χ4v) is 1.20. The summed E-state index contributed by atoms with van der Waals surface area (Å²) >= 11 is 0. The molecule has 0 rings (SSSR count). The van der Waals surface area contributed by atoms with E-state index in [4.69, 9.17) is 4.74 Å². The van der Waals surface area contributed by atoms with Gasteiger partial charge in [-0.05, 0) is 41.0 Å². The first-order chi connectivity index (χ1) is 6.10. The summed E-state index contributed by atoms with van der Waals surface area (Å²) in [6, 6.07) is 0. The maximum absolute atomic E-state index is 11.7. The Kier molecular flexibility index (Phi) is 4.28. The summed E-state index contributed by atoms with van der Waals surface area (Å²) in [6.07, 6.45) is -0.158. The van der Waals surface area contributed by atoms with E-state index in [0.717, 1.165) is 0 Å². The van der Waals surface area contributed by atoms with Crippen molar-refractivity contribution < 1.29 is 14.6 Å². The highest BCUT2D eigenvalue weighted by Gasteiger charge is 2.34. The number of hydrogen-bond donors (Lipinski definition) is 1. The molecule has 0 radical (unpaired) electrons. The third-order valence-electron chi connectivity index (χ3n) is 2.12. The van der Waals surface area contributed by atoms with Crippen LogP contribution in [0.5, 0.6) is 0 Å². The van der Waals surface area contributed by atoms with Crippen LogP contribution in [-0.2, 0) is 9.53 Å². The highest BCUT2D eigenvalue weighted by atomic mass is 16.5. The van der Waals surface area contributed by atoms with Crippen LogP contribution in [0.15, 0.2) is 0 Å². The fourth-order valence-electron chi connectivity index (χ4n) is 1.20. The van der Waals surface area contributed by atoms with Gasteiger partial charge in [0, 0.05) is 0 Å². The molecule has 2 unspecified atom stereocenters. The third-order valence-corrected chi connectivity index (χ3v) is 2.12. The van der Waals surface area contributed by atoms with Crippen LogP contribution in [0.2, 0.25) is 0 Å². The average molecular weight is 202 g/mol. The van der Waals surface area contributed by atoms with E-state index in [2.05, 4.69) is 0 Å². The summed E-state index contributed by atoms with van der Waals surface area (Å²) < 4.78 is 5.48. The van der Waals surface area contributed by atoms with Crippen LogP contribution < -0.4 is 0 Å². The van der Waals surface area contributed by atoms with Crippen LogP contribution in [0.1, 0.15) is 48.0 Å². The minimum absolute atomic E-state index is 0.255. The molecule has 0 amide bonds. The maximum atomic E-state index is 11.7. The molecule has 14 heavy (non-hydrogen) atoms. The molecule has 0 spiro atoms. The van der Waals surface area contributed by atoms with Crippen LogP contribution in [0.4, 0.5) is 0 Å². The van der Waals surface area contributed by atoms with Gasteiger partial charge in [-0.3, -0.25) is 4.79 Å². The van der Waals surface area contributed by atoms with E-state index >= 15 is 0 Å². The smallest absolute Gasteiger partial charge is 0.192 e. The maximum Gasteiger partial charge on any atom is 0.192 e. The number of rotatable bonds is 4. The number of carbonyl (C=O) groups is 1. The van der Waals surface area contributed by atoms with Gasteiger partial charge in [0.1, 0.15) is 11.7 Å². The van der Waals surface area contributed by atoms with Crippen LogP contribution in [0.25, 0.3) is 0 Å². The summed E-state index contributed by atoms with van der Waals surface area (Å²) in [5, 5.41) is 9.73. The zero-order chi connectivity index (χ0) is 11.6. The normalized spacial score (nSPS) is 18.8. The number of aliphatic hydroxyl groups is 1. The zero-order valence-corrected chi connectivity index (χ0v) is 10.0. The lowest BCUT2D eigenvalue weighted by Gasteiger charge is -2.29. The lowest BCUT2D eigenvalue weighted by molar-refractivity contribution is -0.155.